The third-order valence-corrected chi connectivity index (χ3v) is 2.12. The second-order valence-corrected chi connectivity index (χ2v) is 3.51. The van der Waals surface area contributed by atoms with Crippen molar-refractivity contribution < 1.29 is 0 Å². The van der Waals surface area contributed by atoms with Gasteiger partial charge in [-0.2, -0.15) is 0 Å². The van der Waals surface area contributed by atoms with E-state index >= 15 is 0 Å². The zero-order chi connectivity index (χ0) is 10.4. The molecule has 0 unspecified atom stereocenters. The van der Waals surface area contributed by atoms with Crippen LogP contribution in [-0.2, 0) is 13.1 Å². The van der Waals surface area contributed by atoms with E-state index in [9.17, 15) is 0 Å². The highest BCUT2D eigenvalue weighted by Crippen LogP contribution is 2.06. The molecule has 2 heteroatoms. The molecule has 0 fully saturated rings. The predicted octanol–water partition coefficient (Wildman–Crippen LogP) is 1.76. The molecule has 0 aliphatic carbocycles. The smallest absolute Gasteiger partial charge is 0.0234 e. The van der Waals surface area contributed by atoms with Gasteiger partial charge in [-0.3, -0.25) is 4.90 Å². The molecule has 0 atom stereocenters. The molecule has 1 aromatic carbocycles. The van der Waals surface area contributed by atoms with Gasteiger partial charge in [-0.15, -0.1) is 6.58 Å². The van der Waals surface area contributed by atoms with E-state index in [0.717, 1.165) is 13.1 Å². The lowest BCUT2D eigenvalue weighted by atomic mass is 10.1. The van der Waals surface area contributed by atoms with Crippen LogP contribution in [0, 0.1) is 0 Å². The lowest BCUT2D eigenvalue weighted by Crippen LogP contribution is -2.17. The van der Waals surface area contributed by atoms with Gasteiger partial charge in [0.1, 0.15) is 0 Å². The molecule has 1 rings (SSSR count). The van der Waals surface area contributed by atoms with Crippen LogP contribution >= 0.6 is 0 Å². The molecular formula is C12H18N2. The Bertz CT molecular complexity index is 294. The molecule has 0 aliphatic heterocycles. The number of nitrogens with two attached hydrogens (primary N) is 1. The van der Waals surface area contributed by atoms with E-state index in [1.807, 2.05) is 6.08 Å². The highest BCUT2D eigenvalue weighted by molar-refractivity contribution is 5.23. The fraction of sp³-hybridized carbons (Fsp3) is 0.333. The standard InChI is InChI=1S/C12H18N2/c1-3-7-14(2)10-12-6-4-5-11(8-12)9-13/h3-6,8H,1,7,9-10,13H2,2H3. The van der Waals surface area contributed by atoms with Crippen LogP contribution in [0.5, 0.6) is 0 Å². The summed E-state index contributed by atoms with van der Waals surface area (Å²) in [5.41, 5.74) is 8.07. The van der Waals surface area contributed by atoms with Crippen LogP contribution in [0.2, 0.25) is 0 Å². The zero-order valence-electron chi connectivity index (χ0n) is 8.74. The SMILES string of the molecule is C=CCN(C)Cc1cccc(CN)c1. The van der Waals surface area contributed by atoms with Gasteiger partial charge in [0.25, 0.3) is 0 Å². The molecule has 0 spiro atoms. The predicted molar refractivity (Wildman–Crippen MR) is 60.9 cm³/mol. The molecule has 0 amide bonds. The van der Waals surface area contributed by atoms with Crippen LogP contribution in [0.25, 0.3) is 0 Å². The largest absolute Gasteiger partial charge is 0.326 e. The van der Waals surface area contributed by atoms with Crippen molar-refractivity contribution in [2.24, 2.45) is 5.73 Å². The summed E-state index contributed by atoms with van der Waals surface area (Å²) in [6.07, 6.45) is 1.91. The average Bonchev–Trinajstić information content (AvgIpc) is 2.18. The minimum atomic E-state index is 0.610. The third-order valence-electron chi connectivity index (χ3n) is 2.12. The Hall–Kier alpha value is -1.12. The molecule has 0 aromatic heterocycles. The Labute approximate surface area is 86.0 Å². The average molecular weight is 190 g/mol. The van der Waals surface area contributed by atoms with Gasteiger partial charge in [-0.05, 0) is 18.2 Å². The van der Waals surface area contributed by atoms with Crippen LogP contribution in [0.15, 0.2) is 36.9 Å². The Morgan fingerprint density at radius 1 is 1.43 bits per heavy atom. The van der Waals surface area contributed by atoms with Gasteiger partial charge in [-0.1, -0.05) is 30.3 Å². The fourth-order valence-corrected chi connectivity index (χ4v) is 1.45. The summed E-state index contributed by atoms with van der Waals surface area (Å²) in [6, 6.07) is 8.38. The first-order valence-electron chi connectivity index (χ1n) is 4.83. The van der Waals surface area contributed by atoms with Crippen molar-refractivity contribution in [2.45, 2.75) is 13.1 Å². The summed E-state index contributed by atoms with van der Waals surface area (Å²) < 4.78 is 0. The summed E-state index contributed by atoms with van der Waals surface area (Å²) in [4.78, 5) is 2.21. The monoisotopic (exact) mass is 190 g/mol. The van der Waals surface area contributed by atoms with Gasteiger partial charge in [0, 0.05) is 19.6 Å². The van der Waals surface area contributed by atoms with Crippen LogP contribution in [0.1, 0.15) is 11.1 Å². The fourth-order valence-electron chi connectivity index (χ4n) is 1.45. The first-order chi connectivity index (χ1) is 6.76. The highest BCUT2D eigenvalue weighted by Gasteiger charge is 1.98. The Balaban J connectivity index is 2.61. The number of rotatable bonds is 5. The zero-order valence-corrected chi connectivity index (χ0v) is 8.74. The van der Waals surface area contributed by atoms with Crippen molar-refractivity contribution >= 4 is 0 Å². The van der Waals surface area contributed by atoms with Crippen LogP contribution in [0.4, 0.5) is 0 Å². The Morgan fingerprint density at radius 3 is 2.79 bits per heavy atom. The quantitative estimate of drug-likeness (QED) is 0.717. The Kier molecular flexibility index (Phi) is 4.36. The molecule has 14 heavy (non-hydrogen) atoms. The van der Waals surface area contributed by atoms with Crippen molar-refractivity contribution in [3.05, 3.63) is 48.0 Å². The van der Waals surface area contributed by atoms with E-state index in [4.69, 9.17) is 5.73 Å². The molecule has 0 saturated carbocycles. The molecule has 0 radical (unpaired) electrons. The summed E-state index contributed by atoms with van der Waals surface area (Å²) in [5.74, 6) is 0. The summed E-state index contributed by atoms with van der Waals surface area (Å²) in [7, 11) is 2.08. The maximum atomic E-state index is 5.58. The molecule has 2 N–H and O–H groups in total. The van der Waals surface area contributed by atoms with E-state index in [1.165, 1.54) is 11.1 Å². The van der Waals surface area contributed by atoms with Crippen molar-refractivity contribution in [1.82, 2.24) is 4.90 Å². The molecular weight excluding hydrogens is 172 g/mol. The molecule has 1 aromatic rings. The van der Waals surface area contributed by atoms with E-state index < -0.39 is 0 Å². The first kappa shape index (κ1) is 11.0. The number of benzene rings is 1. The topological polar surface area (TPSA) is 29.3 Å². The van der Waals surface area contributed by atoms with E-state index in [1.54, 1.807) is 0 Å². The summed E-state index contributed by atoms with van der Waals surface area (Å²) >= 11 is 0. The normalized spacial score (nSPS) is 10.5. The van der Waals surface area contributed by atoms with E-state index in [-0.39, 0.29) is 0 Å². The van der Waals surface area contributed by atoms with Gasteiger partial charge in [0.15, 0.2) is 0 Å². The number of hydrogen-bond donors (Lipinski definition) is 1. The lowest BCUT2D eigenvalue weighted by molar-refractivity contribution is 0.363. The van der Waals surface area contributed by atoms with Crippen molar-refractivity contribution in [2.75, 3.05) is 13.6 Å². The molecule has 2 nitrogen and oxygen atoms in total. The minimum absolute atomic E-state index is 0.610. The van der Waals surface area contributed by atoms with Crippen molar-refractivity contribution in [1.29, 1.82) is 0 Å². The van der Waals surface area contributed by atoms with Crippen LogP contribution in [0.3, 0.4) is 0 Å². The van der Waals surface area contributed by atoms with Crippen LogP contribution < -0.4 is 5.73 Å². The second kappa shape index (κ2) is 5.58. The van der Waals surface area contributed by atoms with E-state index in [0.29, 0.717) is 6.54 Å². The maximum absolute atomic E-state index is 5.58. The molecule has 76 valence electrons. The first-order valence-corrected chi connectivity index (χ1v) is 4.83. The van der Waals surface area contributed by atoms with Crippen molar-refractivity contribution in [3.8, 4) is 0 Å². The van der Waals surface area contributed by atoms with Gasteiger partial charge in [0.05, 0.1) is 0 Å². The number of nitrogens with zero attached hydrogens (tertiary/aromatic N) is 1. The third kappa shape index (κ3) is 3.32. The van der Waals surface area contributed by atoms with Crippen molar-refractivity contribution in [3.63, 3.8) is 0 Å². The van der Waals surface area contributed by atoms with Gasteiger partial charge in [0.2, 0.25) is 0 Å². The summed E-state index contributed by atoms with van der Waals surface area (Å²) in [5, 5.41) is 0. The number of hydrogen-bond acceptors (Lipinski definition) is 2. The van der Waals surface area contributed by atoms with Gasteiger partial charge in [-0.25, -0.2) is 0 Å². The maximum Gasteiger partial charge on any atom is 0.0234 e. The molecule has 0 bridgehead atoms. The molecule has 0 saturated heterocycles. The van der Waals surface area contributed by atoms with Crippen LogP contribution in [-0.4, -0.2) is 18.5 Å². The highest BCUT2D eigenvalue weighted by atomic mass is 15.1. The van der Waals surface area contributed by atoms with Gasteiger partial charge < -0.3 is 5.73 Å². The second-order valence-electron chi connectivity index (χ2n) is 3.51. The Morgan fingerprint density at radius 2 is 2.14 bits per heavy atom. The summed E-state index contributed by atoms with van der Waals surface area (Å²) in [6.45, 7) is 6.18. The van der Waals surface area contributed by atoms with E-state index in [2.05, 4.69) is 42.8 Å². The molecule has 0 heterocycles. The molecule has 0 aliphatic rings. The lowest BCUT2D eigenvalue weighted by Gasteiger charge is -2.14. The number of likely N-dealkylation sites (N-methyl/N-ethyl adjacent to an activating group) is 1. The minimum Gasteiger partial charge on any atom is -0.326 e. The van der Waals surface area contributed by atoms with Gasteiger partial charge >= 0.3 is 0 Å².